The number of nitrogens with one attached hydrogen (secondary N) is 1. The lowest BCUT2D eigenvalue weighted by Crippen LogP contribution is -2.35. The third kappa shape index (κ3) is 2.98. The quantitative estimate of drug-likeness (QED) is 0.866. The minimum Gasteiger partial charge on any atom is -0.476 e. The summed E-state index contributed by atoms with van der Waals surface area (Å²) in [5.74, 6) is -1.35. The van der Waals surface area contributed by atoms with E-state index in [0.29, 0.717) is 15.3 Å². The van der Waals surface area contributed by atoms with E-state index >= 15 is 0 Å². The Bertz CT molecular complexity index is 743. The molecule has 0 amide bonds. The van der Waals surface area contributed by atoms with Crippen LogP contribution in [0.2, 0.25) is 5.02 Å². The molecular formula is C14H11ClF3N3O2. The molecule has 0 aliphatic carbocycles. The number of aromatic carboxylic acids is 1. The molecule has 9 heteroatoms. The number of hydrogen-bond donors (Lipinski definition) is 2. The number of carbonyl (C=O) groups is 1. The van der Waals surface area contributed by atoms with E-state index in [1.807, 2.05) is 0 Å². The fourth-order valence-corrected chi connectivity index (χ4v) is 2.72. The molecule has 2 atom stereocenters. The first kappa shape index (κ1) is 15.7. The van der Waals surface area contributed by atoms with E-state index in [0.717, 1.165) is 6.07 Å². The van der Waals surface area contributed by atoms with Crippen LogP contribution in [0.1, 0.15) is 34.6 Å². The summed E-state index contributed by atoms with van der Waals surface area (Å²) in [6.07, 6.45) is -4.83. The average Bonchev–Trinajstić information content (AvgIpc) is 2.90. The predicted octanol–water partition coefficient (Wildman–Crippen LogP) is 3.90. The van der Waals surface area contributed by atoms with Crippen molar-refractivity contribution in [2.24, 2.45) is 0 Å². The van der Waals surface area contributed by atoms with Gasteiger partial charge in [0.25, 0.3) is 0 Å². The molecule has 2 heterocycles. The van der Waals surface area contributed by atoms with Crippen LogP contribution in [-0.4, -0.2) is 27.0 Å². The minimum atomic E-state index is -4.54. The van der Waals surface area contributed by atoms with Crippen molar-refractivity contribution >= 4 is 23.4 Å². The fourth-order valence-electron chi connectivity index (χ4n) is 2.59. The smallest absolute Gasteiger partial charge is 0.410 e. The third-order valence-corrected chi connectivity index (χ3v) is 3.93. The van der Waals surface area contributed by atoms with Gasteiger partial charge in [-0.05, 0) is 17.7 Å². The van der Waals surface area contributed by atoms with Gasteiger partial charge in [-0.2, -0.15) is 18.3 Å². The van der Waals surface area contributed by atoms with E-state index in [9.17, 15) is 18.0 Å². The summed E-state index contributed by atoms with van der Waals surface area (Å²) in [5.41, 5.74) is 0.200. The van der Waals surface area contributed by atoms with Gasteiger partial charge in [0.1, 0.15) is 5.82 Å². The van der Waals surface area contributed by atoms with E-state index in [1.54, 1.807) is 24.3 Å². The SMILES string of the molecule is O=C(O)c1cc2n(n1)[C@@H](C(F)(F)F)C[C@@H](c1ccc(Cl)cc1)N2. The highest BCUT2D eigenvalue weighted by molar-refractivity contribution is 6.30. The first-order valence-corrected chi connectivity index (χ1v) is 7.05. The molecule has 2 aromatic rings. The van der Waals surface area contributed by atoms with Crippen LogP contribution in [0.25, 0.3) is 0 Å². The first-order chi connectivity index (χ1) is 10.8. The van der Waals surface area contributed by atoms with Gasteiger partial charge in [0.05, 0.1) is 6.04 Å². The summed E-state index contributed by atoms with van der Waals surface area (Å²) in [6, 6.07) is 5.04. The van der Waals surface area contributed by atoms with Crippen LogP contribution >= 0.6 is 11.6 Å². The molecule has 0 bridgehead atoms. The maximum absolute atomic E-state index is 13.3. The molecule has 0 spiro atoms. The molecular weight excluding hydrogens is 335 g/mol. The topological polar surface area (TPSA) is 67.1 Å². The number of alkyl halides is 3. The Morgan fingerprint density at radius 3 is 2.57 bits per heavy atom. The lowest BCUT2D eigenvalue weighted by atomic mass is 9.97. The van der Waals surface area contributed by atoms with Crippen molar-refractivity contribution in [1.29, 1.82) is 0 Å². The zero-order valence-electron chi connectivity index (χ0n) is 11.5. The van der Waals surface area contributed by atoms with Crippen molar-refractivity contribution < 1.29 is 23.1 Å². The molecule has 1 aliphatic rings. The number of fused-ring (bicyclic) bond motifs is 1. The van der Waals surface area contributed by atoms with Gasteiger partial charge in [-0.3, -0.25) is 0 Å². The van der Waals surface area contributed by atoms with Crippen molar-refractivity contribution in [3.63, 3.8) is 0 Å². The molecule has 23 heavy (non-hydrogen) atoms. The number of rotatable bonds is 2. The molecule has 1 aromatic heterocycles. The van der Waals surface area contributed by atoms with E-state index < -0.39 is 29.9 Å². The molecule has 1 aliphatic heterocycles. The number of carboxylic acids is 1. The van der Waals surface area contributed by atoms with E-state index in [1.165, 1.54) is 0 Å². The van der Waals surface area contributed by atoms with Gasteiger partial charge >= 0.3 is 12.1 Å². The summed E-state index contributed by atoms with van der Waals surface area (Å²) in [4.78, 5) is 11.0. The summed E-state index contributed by atoms with van der Waals surface area (Å²) < 4.78 is 40.7. The maximum Gasteiger partial charge on any atom is 0.410 e. The van der Waals surface area contributed by atoms with Gasteiger partial charge < -0.3 is 10.4 Å². The molecule has 0 unspecified atom stereocenters. The normalized spacial score (nSPS) is 20.7. The maximum atomic E-state index is 13.3. The molecule has 0 saturated heterocycles. The minimum absolute atomic E-state index is 0.0240. The van der Waals surface area contributed by atoms with Crippen LogP contribution < -0.4 is 5.32 Å². The lowest BCUT2D eigenvalue weighted by Gasteiger charge is -2.33. The predicted molar refractivity (Wildman–Crippen MR) is 76.7 cm³/mol. The number of hydrogen-bond acceptors (Lipinski definition) is 3. The Kier molecular flexibility index (Phi) is 3.71. The zero-order valence-corrected chi connectivity index (χ0v) is 12.3. The molecule has 0 fully saturated rings. The largest absolute Gasteiger partial charge is 0.476 e. The number of carboxylic acid groups (broad SMARTS) is 1. The molecule has 2 N–H and O–H groups in total. The number of aromatic nitrogens is 2. The Morgan fingerprint density at radius 1 is 1.35 bits per heavy atom. The fraction of sp³-hybridized carbons (Fsp3) is 0.286. The summed E-state index contributed by atoms with van der Waals surface area (Å²) >= 11 is 5.79. The van der Waals surface area contributed by atoms with Gasteiger partial charge in [0, 0.05) is 17.5 Å². The van der Waals surface area contributed by atoms with E-state index in [2.05, 4.69) is 10.4 Å². The van der Waals surface area contributed by atoms with Gasteiger partial charge in [-0.1, -0.05) is 23.7 Å². The Balaban J connectivity index is 2.01. The molecule has 5 nitrogen and oxygen atoms in total. The van der Waals surface area contributed by atoms with Crippen LogP contribution in [0.4, 0.5) is 19.0 Å². The van der Waals surface area contributed by atoms with Gasteiger partial charge in [-0.15, -0.1) is 0 Å². The second-order valence-corrected chi connectivity index (χ2v) is 5.64. The van der Waals surface area contributed by atoms with E-state index in [-0.39, 0.29) is 12.2 Å². The highest BCUT2D eigenvalue weighted by atomic mass is 35.5. The highest BCUT2D eigenvalue weighted by Gasteiger charge is 2.46. The van der Waals surface area contributed by atoms with Crippen LogP contribution in [-0.2, 0) is 0 Å². The zero-order chi connectivity index (χ0) is 16.8. The van der Waals surface area contributed by atoms with Crippen molar-refractivity contribution in [2.45, 2.75) is 24.7 Å². The molecule has 122 valence electrons. The van der Waals surface area contributed by atoms with Crippen molar-refractivity contribution in [2.75, 3.05) is 5.32 Å². The summed E-state index contributed by atoms with van der Waals surface area (Å²) in [7, 11) is 0. The third-order valence-electron chi connectivity index (χ3n) is 3.68. The van der Waals surface area contributed by atoms with Crippen molar-refractivity contribution in [3.05, 3.63) is 46.6 Å². The number of benzene rings is 1. The number of anilines is 1. The van der Waals surface area contributed by atoms with Crippen LogP contribution in [0.5, 0.6) is 0 Å². The van der Waals surface area contributed by atoms with Gasteiger partial charge in [0.15, 0.2) is 11.7 Å². The highest BCUT2D eigenvalue weighted by Crippen LogP contribution is 2.43. The van der Waals surface area contributed by atoms with Crippen molar-refractivity contribution in [3.8, 4) is 0 Å². The first-order valence-electron chi connectivity index (χ1n) is 6.67. The Morgan fingerprint density at radius 2 is 2.00 bits per heavy atom. The lowest BCUT2D eigenvalue weighted by molar-refractivity contribution is -0.173. The second-order valence-electron chi connectivity index (χ2n) is 5.21. The van der Waals surface area contributed by atoms with Gasteiger partial charge in [-0.25, -0.2) is 9.48 Å². The number of halogens is 4. The Labute approximate surface area is 133 Å². The molecule has 0 saturated carbocycles. The van der Waals surface area contributed by atoms with Gasteiger partial charge in [0.2, 0.25) is 0 Å². The molecule has 0 radical (unpaired) electrons. The summed E-state index contributed by atoms with van der Waals surface area (Å²) in [6.45, 7) is 0. The Hall–Kier alpha value is -2.22. The van der Waals surface area contributed by atoms with Crippen LogP contribution in [0.15, 0.2) is 30.3 Å². The monoisotopic (exact) mass is 345 g/mol. The van der Waals surface area contributed by atoms with Crippen molar-refractivity contribution in [1.82, 2.24) is 9.78 Å². The average molecular weight is 346 g/mol. The second kappa shape index (κ2) is 5.45. The van der Waals surface area contributed by atoms with Crippen LogP contribution in [0.3, 0.4) is 0 Å². The molecule has 3 rings (SSSR count). The van der Waals surface area contributed by atoms with E-state index in [4.69, 9.17) is 16.7 Å². The molecule has 1 aromatic carbocycles. The standard InChI is InChI=1S/C14H11ClF3N3O2/c15-8-3-1-7(2-4-8)9-5-11(14(16,17)18)21-12(19-9)6-10(20-21)13(22)23/h1-4,6,9,11,19H,5H2,(H,22,23)/t9-,11+/m0/s1. The van der Waals surface area contributed by atoms with Crippen LogP contribution in [0, 0.1) is 0 Å². The number of nitrogens with zero attached hydrogens (tertiary/aromatic N) is 2. The summed E-state index contributed by atoms with van der Waals surface area (Å²) in [5, 5.41) is 15.9.